The van der Waals surface area contributed by atoms with Crippen molar-refractivity contribution < 1.29 is 9.53 Å². The van der Waals surface area contributed by atoms with Crippen LogP contribution in [0.2, 0.25) is 0 Å². The lowest BCUT2D eigenvalue weighted by Gasteiger charge is -2.25. The van der Waals surface area contributed by atoms with Gasteiger partial charge in [-0.15, -0.1) is 0 Å². The molecule has 4 heterocycles. The number of carbonyl (C=O) groups excluding carboxylic acids is 1. The number of carbonyl (C=O) groups is 1. The van der Waals surface area contributed by atoms with E-state index >= 15 is 0 Å². The van der Waals surface area contributed by atoms with Gasteiger partial charge >= 0.3 is 0 Å². The maximum atomic E-state index is 12.2. The van der Waals surface area contributed by atoms with E-state index in [0.29, 0.717) is 25.3 Å². The third-order valence-corrected chi connectivity index (χ3v) is 3.87. The van der Waals surface area contributed by atoms with Crippen molar-refractivity contribution in [2.75, 3.05) is 13.2 Å². The van der Waals surface area contributed by atoms with E-state index in [0.717, 1.165) is 17.0 Å². The largest absolute Gasteiger partial charge is 0.371 e. The minimum atomic E-state index is -0.128. The Bertz CT molecular complexity index is 846. The molecule has 1 aliphatic heterocycles. The molecule has 0 fully saturated rings. The van der Waals surface area contributed by atoms with E-state index in [9.17, 15) is 4.79 Å². The second-order valence-electron chi connectivity index (χ2n) is 5.36. The Kier molecular flexibility index (Phi) is 3.47. The summed E-state index contributed by atoms with van der Waals surface area (Å²) in [6.45, 7) is 1.44. The number of nitrogens with one attached hydrogen (secondary N) is 1. The summed E-state index contributed by atoms with van der Waals surface area (Å²) in [5, 5.41) is 2.94. The van der Waals surface area contributed by atoms with Crippen LogP contribution in [0.4, 0.5) is 0 Å². The number of aromatic nitrogens is 4. The normalized spacial score (nSPS) is 17.0. The molecular formula is C16H15N5O2. The van der Waals surface area contributed by atoms with Crippen molar-refractivity contribution in [3.05, 3.63) is 54.2 Å². The molecule has 0 bridgehead atoms. The zero-order valence-corrected chi connectivity index (χ0v) is 12.3. The van der Waals surface area contributed by atoms with Gasteiger partial charge in [-0.25, -0.2) is 9.97 Å². The van der Waals surface area contributed by atoms with Crippen LogP contribution >= 0.6 is 0 Å². The van der Waals surface area contributed by atoms with Gasteiger partial charge in [-0.2, -0.15) is 0 Å². The third-order valence-electron chi connectivity index (χ3n) is 3.87. The summed E-state index contributed by atoms with van der Waals surface area (Å²) in [5.41, 5.74) is 2.26. The highest BCUT2D eigenvalue weighted by Crippen LogP contribution is 2.24. The van der Waals surface area contributed by atoms with E-state index in [2.05, 4.69) is 24.8 Å². The molecule has 116 valence electrons. The van der Waals surface area contributed by atoms with Gasteiger partial charge in [0, 0.05) is 30.7 Å². The Labute approximate surface area is 132 Å². The summed E-state index contributed by atoms with van der Waals surface area (Å²) in [6, 6.07) is 7.14. The molecule has 3 aromatic heterocycles. The lowest BCUT2D eigenvalue weighted by atomic mass is 10.2. The molecule has 0 radical (unpaired) electrons. The molecule has 0 aliphatic carbocycles. The van der Waals surface area contributed by atoms with Crippen molar-refractivity contribution in [1.82, 2.24) is 24.8 Å². The van der Waals surface area contributed by atoms with Crippen LogP contribution < -0.4 is 5.32 Å². The van der Waals surface area contributed by atoms with Crippen LogP contribution in [0, 0.1) is 0 Å². The molecule has 0 saturated heterocycles. The van der Waals surface area contributed by atoms with Crippen LogP contribution in [-0.4, -0.2) is 38.6 Å². The van der Waals surface area contributed by atoms with Crippen LogP contribution in [0.5, 0.6) is 0 Å². The Morgan fingerprint density at radius 1 is 1.30 bits per heavy atom. The van der Waals surface area contributed by atoms with Crippen molar-refractivity contribution in [3.8, 4) is 0 Å². The average molecular weight is 309 g/mol. The predicted octanol–water partition coefficient (Wildman–Crippen LogP) is 1.33. The first-order valence-electron chi connectivity index (χ1n) is 7.41. The fourth-order valence-corrected chi connectivity index (χ4v) is 2.79. The maximum Gasteiger partial charge on any atom is 0.251 e. The third kappa shape index (κ3) is 2.55. The van der Waals surface area contributed by atoms with Crippen LogP contribution in [0.25, 0.3) is 11.2 Å². The summed E-state index contributed by atoms with van der Waals surface area (Å²) in [6.07, 6.45) is 4.95. The minimum absolute atomic E-state index is 0.0237. The first-order valence-corrected chi connectivity index (χ1v) is 7.41. The molecule has 1 aliphatic rings. The number of ether oxygens (including phenoxy) is 1. The van der Waals surface area contributed by atoms with E-state index < -0.39 is 0 Å². The summed E-state index contributed by atoms with van der Waals surface area (Å²) < 4.78 is 7.66. The van der Waals surface area contributed by atoms with Crippen molar-refractivity contribution in [1.29, 1.82) is 0 Å². The lowest BCUT2D eigenvalue weighted by molar-refractivity contribution is 0.0551. The molecule has 4 rings (SSSR count). The predicted molar refractivity (Wildman–Crippen MR) is 82.8 cm³/mol. The van der Waals surface area contributed by atoms with E-state index in [-0.39, 0.29) is 11.9 Å². The number of nitrogens with zero attached hydrogens (tertiary/aromatic N) is 4. The molecule has 1 amide bonds. The topological polar surface area (TPSA) is 81.9 Å². The van der Waals surface area contributed by atoms with Crippen LogP contribution in [0.1, 0.15) is 22.2 Å². The van der Waals surface area contributed by atoms with Gasteiger partial charge in [0.2, 0.25) is 0 Å². The first-order chi connectivity index (χ1) is 11.3. The van der Waals surface area contributed by atoms with Crippen LogP contribution in [0.3, 0.4) is 0 Å². The van der Waals surface area contributed by atoms with Gasteiger partial charge in [0.05, 0.1) is 12.6 Å². The van der Waals surface area contributed by atoms with Crippen molar-refractivity contribution >= 4 is 17.1 Å². The molecule has 1 atom stereocenters. The Balaban J connectivity index is 1.56. The number of fused-ring (bicyclic) bond motifs is 3. The molecule has 1 N–H and O–H groups in total. The summed E-state index contributed by atoms with van der Waals surface area (Å²) >= 11 is 0. The number of hydrogen-bond donors (Lipinski definition) is 1. The highest BCUT2D eigenvalue weighted by molar-refractivity contribution is 5.93. The van der Waals surface area contributed by atoms with Gasteiger partial charge in [0.1, 0.15) is 17.9 Å². The highest BCUT2D eigenvalue weighted by atomic mass is 16.5. The number of hydrogen-bond acceptors (Lipinski definition) is 5. The standard InChI is InChI=1S/C16H15N5O2/c22-16(11-3-6-17-7-4-11)19-8-12-9-23-10-14-20-13-2-1-5-18-15(13)21(12)14/h1-7,12H,8-10H2,(H,19,22)/t12-/m0/s1. The quantitative estimate of drug-likeness (QED) is 0.789. The van der Waals surface area contributed by atoms with E-state index in [1.165, 1.54) is 0 Å². The second kappa shape index (κ2) is 5.77. The SMILES string of the molecule is O=C(NC[C@H]1COCc2nc3cccnc3n21)c1ccncc1. The lowest BCUT2D eigenvalue weighted by Crippen LogP contribution is -2.35. The molecule has 0 saturated carbocycles. The van der Waals surface area contributed by atoms with E-state index in [1.807, 2.05) is 12.1 Å². The average Bonchev–Trinajstić information content (AvgIpc) is 2.99. The molecule has 0 aromatic carbocycles. The van der Waals surface area contributed by atoms with Gasteiger partial charge < -0.3 is 14.6 Å². The smallest absolute Gasteiger partial charge is 0.251 e. The Morgan fingerprint density at radius 2 is 2.17 bits per heavy atom. The van der Waals surface area contributed by atoms with Crippen molar-refractivity contribution in [2.45, 2.75) is 12.6 Å². The number of amides is 1. The zero-order valence-electron chi connectivity index (χ0n) is 12.3. The minimum Gasteiger partial charge on any atom is -0.371 e. The molecule has 3 aromatic rings. The Morgan fingerprint density at radius 3 is 3.04 bits per heavy atom. The molecule has 0 unspecified atom stereocenters. The summed E-state index contributed by atoms with van der Waals surface area (Å²) in [4.78, 5) is 25.1. The highest BCUT2D eigenvalue weighted by Gasteiger charge is 2.25. The summed E-state index contributed by atoms with van der Waals surface area (Å²) in [7, 11) is 0. The fourth-order valence-electron chi connectivity index (χ4n) is 2.79. The number of rotatable bonds is 3. The molecule has 7 nitrogen and oxygen atoms in total. The van der Waals surface area contributed by atoms with Crippen LogP contribution in [-0.2, 0) is 11.3 Å². The zero-order chi connectivity index (χ0) is 15.6. The van der Waals surface area contributed by atoms with Gasteiger partial charge in [-0.05, 0) is 24.3 Å². The fraction of sp³-hybridized carbons (Fsp3) is 0.250. The van der Waals surface area contributed by atoms with Crippen LogP contribution in [0.15, 0.2) is 42.9 Å². The van der Waals surface area contributed by atoms with E-state index in [4.69, 9.17) is 4.74 Å². The molecule has 23 heavy (non-hydrogen) atoms. The Hall–Kier alpha value is -2.80. The molecular weight excluding hydrogens is 294 g/mol. The second-order valence-corrected chi connectivity index (χ2v) is 5.36. The van der Waals surface area contributed by atoms with Gasteiger partial charge in [-0.1, -0.05) is 0 Å². The monoisotopic (exact) mass is 309 g/mol. The van der Waals surface area contributed by atoms with Gasteiger partial charge in [-0.3, -0.25) is 9.78 Å². The molecule has 7 heteroatoms. The van der Waals surface area contributed by atoms with Crippen molar-refractivity contribution in [3.63, 3.8) is 0 Å². The number of imidazole rings is 1. The molecule has 0 spiro atoms. The number of pyridine rings is 2. The van der Waals surface area contributed by atoms with Crippen molar-refractivity contribution in [2.24, 2.45) is 0 Å². The van der Waals surface area contributed by atoms with Gasteiger partial charge in [0.25, 0.3) is 5.91 Å². The maximum absolute atomic E-state index is 12.2. The first kappa shape index (κ1) is 13.8. The van der Waals surface area contributed by atoms with Gasteiger partial charge in [0.15, 0.2) is 5.65 Å². The van der Waals surface area contributed by atoms with E-state index in [1.54, 1.807) is 30.7 Å². The summed E-state index contributed by atoms with van der Waals surface area (Å²) in [5.74, 6) is 0.713.